The number of piperidine rings is 1. The third kappa shape index (κ3) is 6.98. The van der Waals surface area contributed by atoms with Gasteiger partial charge < -0.3 is 19.3 Å². The van der Waals surface area contributed by atoms with Crippen molar-refractivity contribution in [3.8, 4) is 0 Å². The van der Waals surface area contributed by atoms with Crippen LogP contribution in [-0.2, 0) is 17.7 Å². The summed E-state index contributed by atoms with van der Waals surface area (Å²) < 4.78 is 25.4. The maximum atomic E-state index is 13.4. The van der Waals surface area contributed by atoms with Gasteiger partial charge in [-0.1, -0.05) is 5.16 Å². The average Bonchev–Trinajstić information content (AvgIpc) is 3.33. The van der Waals surface area contributed by atoms with E-state index in [0.29, 0.717) is 36.7 Å². The fourth-order valence-electron chi connectivity index (χ4n) is 5.18. The molecule has 38 heavy (non-hydrogen) atoms. The minimum atomic E-state index is -0.641. The van der Waals surface area contributed by atoms with Gasteiger partial charge in [-0.15, -0.1) is 23.5 Å². The van der Waals surface area contributed by atoms with Gasteiger partial charge in [0.1, 0.15) is 17.7 Å². The monoisotopic (exact) mass is 564 g/mol. The van der Waals surface area contributed by atoms with E-state index in [9.17, 15) is 14.3 Å². The molecule has 1 fully saturated rings. The van der Waals surface area contributed by atoms with Gasteiger partial charge in [-0.2, -0.15) is 0 Å². The van der Waals surface area contributed by atoms with Crippen LogP contribution in [0.25, 0.3) is 11.0 Å². The molecule has 0 aliphatic carbocycles. The van der Waals surface area contributed by atoms with E-state index >= 15 is 0 Å². The number of likely N-dealkylation sites (tertiary alicyclic amines) is 1. The van der Waals surface area contributed by atoms with Crippen LogP contribution in [0, 0.1) is 12.7 Å². The molecule has 2 aromatic heterocycles. The van der Waals surface area contributed by atoms with E-state index in [4.69, 9.17) is 9.26 Å². The van der Waals surface area contributed by atoms with E-state index in [1.165, 1.54) is 12.1 Å². The van der Waals surface area contributed by atoms with Crippen molar-refractivity contribution in [3.05, 3.63) is 57.1 Å². The summed E-state index contributed by atoms with van der Waals surface area (Å²) in [6.07, 6.45) is 7.44. The van der Waals surface area contributed by atoms with E-state index in [1.54, 1.807) is 34.2 Å². The van der Waals surface area contributed by atoms with Crippen LogP contribution in [0.5, 0.6) is 0 Å². The Kier molecular flexibility index (Phi) is 10.7. The predicted octanol–water partition coefficient (Wildman–Crippen LogP) is 4.73. The number of ether oxygens (including phenoxy) is 1. The second-order valence-corrected chi connectivity index (χ2v) is 11.4. The molecule has 0 amide bonds. The number of aryl methyl sites for hydroxylation is 1. The van der Waals surface area contributed by atoms with Gasteiger partial charge in [0.15, 0.2) is 5.58 Å². The third-order valence-corrected chi connectivity index (χ3v) is 7.98. The van der Waals surface area contributed by atoms with E-state index < -0.39 is 6.10 Å². The van der Waals surface area contributed by atoms with Crippen molar-refractivity contribution in [1.29, 1.82) is 0 Å². The Morgan fingerprint density at radius 3 is 2.61 bits per heavy atom. The average molecular weight is 565 g/mol. The molecule has 0 radical (unpaired) electrons. The standard InChI is InChI=1S/C23H27FN4O3.C4H10OS2/c1-14-17(23(30)28-9-2-3-19(29)22(28)25-14)8-12-27-10-6-15(7-11-27)21-18-5-4-16(24)13-20(18)31-26-21;1-6-3-5-4-7-2/h4-5,13,15,19,29H,2-3,6-12H2,1H3;3-4H2,1-2H3/t19-;/m1./s1. The summed E-state index contributed by atoms with van der Waals surface area (Å²) in [7, 11) is 0. The van der Waals surface area contributed by atoms with E-state index in [0.717, 1.165) is 73.1 Å². The van der Waals surface area contributed by atoms with Crippen molar-refractivity contribution in [1.82, 2.24) is 19.6 Å². The molecule has 11 heteroatoms. The molecule has 0 spiro atoms. The normalized spacial score (nSPS) is 18.3. The van der Waals surface area contributed by atoms with Crippen LogP contribution < -0.4 is 5.56 Å². The summed E-state index contributed by atoms with van der Waals surface area (Å²) in [5.74, 6) is 2.13. The van der Waals surface area contributed by atoms with Crippen molar-refractivity contribution in [3.63, 3.8) is 0 Å². The van der Waals surface area contributed by atoms with Gasteiger partial charge >= 0.3 is 0 Å². The molecule has 0 unspecified atom stereocenters. The Morgan fingerprint density at radius 2 is 1.89 bits per heavy atom. The number of aliphatic hydroxyl groups is 1. The minimum absolute atomic E-state index is 0.00237. The molecule has 5 rings (SSSR count). The van der Waals surface area contributed by atoms with E-state index in [2.05, 4.69) is 15.0 Å². The lowest BCUT2D eigenvalue weighted by molar-refractivity contribution is 0.129. The number of nitrogens with zero attached hydrogens (tertiary/aromatic N) is 4. The van der Waals surface area contributed by atoms with Crippen LogP contribution in [0.2, 0.25) is 0 Å². The van der Waals surface area contributed by atoms with Crippen LogP contribution >= 0.6 is 23.5 Å². The van der Waals surface area contributed by atoms with E-state index in [-0.39, 0.29) is 11.4 Å². The van der Waals surface area contributed by atoms with Crippen molar-refractivity contribution < 1.29 is 18.8 Å². The highest BCUT2D eigenvalue weighted by atomic mass is 32.2. The number of rotatable bonds is 8. The second-order valence-electron chi connectivity index (χ2n) is 9.74. The number of halogens is 1. The summed E-state index contributed by atoms with van der Waals surface area (Å²) in [6, 6.07) is 4.58. The molecule has 1 saturated heterocycles. The Labute approximate surface area is 231 Å². The van der Waals surface area contributed by atoms with E-state index in [1.807, 2.05) is 19.4 Å². The molecule has 1 aromatic carbocycles. The largest absolute Gasteiger partial charge is 0.385 e. The van der Waals surface area contributed by atoms with Gasteiger partial charge in [-0.05, 0) is 76.8 Å². The lowest BCUT2D eigenvalue weighted by Crippen LogP contribution is -2.37. The number of hydrogen-bond donors (Lipinski definition) is 1. The number of thioether (sulfide) groups is 2. The van der Waals surface area contributed by atoms with Gasteiger partial charge in [0.2, 0.25) is 0 Å². The highest BCUT2D eigenvalue weighted by molar-refractivity contribution is 7.99. The van der Waals surface area contributed by atoms with Crippen LogP contribution in [0.1, 0.15) is 60.5 Å². The first kappa shape index (κ1) is 29.1. The molecule has 8 nitrogen and oxygen atoms in total. The molecule has 2 aliphatic rings. The smallest absolute Gasteiger partial charge is 0.257 e. The summed E-state index contributed by atoms with van der Waals surface area (Å²) in [4.78, 5) is 19.9. The maximum Gasteiger partial charge on any atom is 0.257 e. The van der Waals surface area contributed by atoms with Crippen molar-refractivity contribution in [2.24, 2.45) is 0 Å². The quantitative estimate of drug-likeness (QED) is 0.308. The van der Waals surface area contributed by atoms with Gasteiger partial charge in [0.05, 0.1) is 17.6 Å². The highest BCUT2D eigenvalue weighted by Crippen LogP contribution is 2.33. The van der Waals surface area contributed by atoms with Gasteiger partial charge in [0.25, 0.3) is 5.56 Å². The fraction of sp³-hybridized carbons (Fsp3) is 0.593. The number of fused-ring (bicyclic) bond motifs is 2. The Morgan fingerprint density at radius 1 is 1.16 bits per heavy atom. The zero-order chi connectivity index (χ0) is 27.1. The summed E-state index contributed by atoms with van der Waals surface area (Å²) in [5, 5.41) is 15.3. The zero-order valence-corrected chi connectivity index (χ0v) is 24.0. The molecule has 208 valence electrons. The van der Waals surface area contributed by atoms with Crippen LogP contribution in [0.4, 0.5) is 4.39 Å². The first-order chi connectivity index (χ1) is 18.4. The summed E-state index contributed by atoms with van der Waals surface area (Å²) in [5.41, 5.74) is 2.90. The SMILES string of the molecule is CSCOCSC.Cc1nc2n(c(=O)c1CCN1CCC(c3noc4cc(F)ccc34)CC1)CCC[C@H]2O. The summed E-state index contributed by atoms with van der Waals surface area (Å²) in [6.45, 7) is 5.13. The Bertz CT molecular complexity index is 1260. The van der Waals surface area contributed by atoms with Gasteiger partial charge in [-0.25, -0.2) is 9.37 Å². The van der Waals surface area contributed by atoms with Crippen LogP contribution in [0.15, 0.2) is 27.5 Å². The topological polar surface area (TPSA) is 93.6 Å². The van der Waals surface area contributed by atoms with Gasteiger partial charge in [-0.3, -0.25) is 9.36 Å². The fourth-order valence-corrected chi connectivity index (χ4v) is 5.78. The Hall–Kier alpha value is -1.92. The number of aromatic nitrogens is 3. The predicted molar refractivity (Wildman–Crippen MR) is 151 cm³/mol. The molecule has 1 atom stereocenters. The summed E-state index contributed by atoms with van der Waals surface area (Å²) >= 11 is 3.41. The first-order valence-electron chi connectivity index (χ1n) is 13.0. The number of aliphatic hydroxyl groups excluding tert-OH is 1. The Balaban J connectivity index is 0.000000426. The second kappa shape index (κ2) is 13.9. The molecule has 1 N–H and O–H groups in total. The minimum Gasteiger partial charge on any atom is -0.385 e. The number of benzene rings is 1. The van der Waals surface area contributed by atoms with Crippen LogP contribution in [0.3, 0.4) is 0 Å². The lowest BCUT2D eigenvalue weighted by atomic mass is 9.91. The molecule has 4 heterocycles. The van der Waals surface area contributed by atoms with Crippen molar-refractivity contribution in [2.75, 3.05) is 44.0 Å². The number of hydrogen-bond acceptors (Lipinski definition) is 9. The van der Waals surface area contributed by atoms with Crippen molar-refractivity contribution >= 4 is 34.5 Å². The molecule has 0 saturated carbocycles. The molecular formula is C27H37FN4O4S2. The zero-order valence-electron chi connectivity index (χ0n) is 22.3. The highest BCUT2D eigenvalue weighted by Gasteiger charge is 2.27. The molecule has 2 aliphatic heterocycles. The third-order valence-electron chi connectivity index (χ3n) is 7.17. The van der Waals surface area contributed by atoms with Crippen LogP contribution in [-0.4, -0.2) is 68.7 Å². The maximum absolute atomic E-state index is 13.4. The molecular weight excluding hydrogens is 527 g/mol. The first-order valence-corrected chi connectivity index (χ1v) is 15.8. The molecule has 3 aromatic rings. The lowest BCUT2D eigenvalue weighted by Gasteiger charge is -2.31. The van der Waals surface area contributed by atoms with Gasteiger partial charge in [0, 0.05) is 41.7 Å². The van der Waals surface area contributed by atoms with Crippen molar-refractivity contribution in [2.45, 2.75) is 57.6 Å². The molecule has 0 bridgehead atoms.